The lowest BCUT2D eigenvalue weighted by atomic mass is 9.83. The average molecular weight is 334 g/mol. The summed E-state index contributed by atoms with van der Waals surface area (Å²) in [5, 5.41) is 4.25. The second kappa shape index (κ2) is 7.18. The topological polar surface area (TPSA) is 29.1 Å². The second-order valence-corrected chi connectivity index (χ2v) is 7.57. The van der Waals surface area contributed by atoms with E-state index in [1.807, 2.05) is 11.8 Å². The van der Waals surface area contributed by atoms with Crippen molar-refractivity contribution in [3.63, 3.8) is 0 Å². The lowest BCUT2D eigenvalue weighted by molar-refractivity contribution is -0.124. The van der Waals surface area contributed by atoms with E-state index in [0.29, 0.717) is 5.92 Å². The zero-order chi connectivity index (χ0) is 12.8. The molecule has 1 N–H and O–H groups in total. The molecule has 0 atom stereocenters. The van der Waals surface area contributed by atoms with Gasteiger partial charge < -0.3 is 5.32 Å². The summed E-state index contributed by atoms with van der Waals surface area (Å²) in [7, 11) is 0. The van der Waals surface area contributed by atoms with Gasteiger partial charge in [0.2, 0.25) is 5.91 Å². The van der Waals surface area contributed by atoms with Crippen molar-refractivity contribution in [2.24, 2.45) is 5.92 Å². The molecule has 2 fully saturated rings. The van der Waals surface area contributed by atoms with Gasteiger partial charge in [0.05, 0.1) is 0 Å². The van der Waals surface area contributed by atoms with E-state index in [1.54, 1.807) is 0 Å². The first-order valence-electron chi connectivity index (χ1n) is 7.19. The molecule has 0 aromatic heterocycles. The van der Waals surface area contributed by atoms with Crippen molar-refractivity contribution >= 4 is 33.6 Å². The van der Waals surface area contributed by atoms with Crippen LogP contribution in [0.15, 0.2) is 0 Å². The van der Waals surface area contributed by atoms with Gasteiger partial charge in [-0.25, -0.2) is 0 Å². The Kier molecular flexibility index (Phi) is 5.87. The molecule has 2 rings (SSSR count). The fourth-order valence-corrected chi connectivity index (χ4v) is 4.99. The molecule has 104 valence electrons. The van der Waals surface area contributed by atoms with Gasteiger partial charge in [-0.2, -0.15) is 11.8 Å². The molecule has 1 saturated carbocycles. The molecule has 4 heteroatoms. The highest BCUT2D eigenvalue weighted by Crippen LogP contribution is 2.31. The Hall–Kier alpha value is 0.300. The molecule has 1 aliphatic heterocycles. The van der Waals surface area contributed by atoms with Gasteiger partial charge in [-0.3, -0.25) is 4.79 Å². The van der Waals surface area contributed by atoms with Crippen LogP contribution in [0.5, 0.6) is 0 Å². The number of rotatable bonds is 4. The third-order valence-corrected chi connectivity index (χ3v) is 6.41. The number of carbonyl (C=O) groups is 1. The molecule has 0 bridgehead atoms. The van der Waals surface area contributed by atoms with E-state index < -0.39 is 0 Å². The van der Waals surface area contributed by atoms with Crippen LogP contribution in [0.25, 0.3) is 0 Å². The summed E-state index contributed by atoms with van der Waals surface area (Å²) in [5.74, 6) is 3.39. The molecule has 2 nitrogen and oxygen atoms in total. The van der Waals surface area contributed by atoms with E-state index in [1.165, 1.54) is 43.6 Å². The first-order chi connectivity index (χ1) is 8.74. The van der Waals surface area contributed by atoms with E-state index in [4.69, 9.17) is 0 Å². The summed E-state index contributed by atoms with van der Waals surface area (Å²) >= 11 is 5.63. The summed E-state index contributed by atoms with van der Waals surface area (Å²) in [5.41, 5.74) is 0.0543. The number of thioether (sulfide) groups is 1. The molecular formula is C14H24BrNOS. The van der Waals surface area contributed by atoms with Crippen molar-refractivity contribution in [3.8, 4) is 0 Å². The summed E-state index contributed by atoms with van der Waals surface area (Å²) in [6.07, 6.45) is 9.31. The zero-order valence-electron chi connectivity index (χ0n) is 11.0. The monoisotopic (exact) mass is 333 g/mol. The summed E-state index contributed by atoms with van der Waals surface area (Å²) in [4.78, 5) is 12.2. The number of hydrogen-bond donors (Lipinski definition) is 1. The fourth-order valence-electron chi connectivity index (χ4n) is 3.08. The lowest BCUT2D eigenvalue weighted by Gasteiger charge is -2.37. The van der Waals surface area contributed by atoms with Gasteiger partial charge in [0.25, 0.3) is 0 Å². The van der Waals surface area contributed by atoms with Crippen LogP contribution < -0.4 is 5.32 Å². The highest BCUT2D eigenvalue weighted by atomic mass is 79.9. The van der Waals surface area contributed by atoms with Gasteiger partial charge >= 0.3 is 0 Å². The van der Waals surface area contributed by atoms with E-state index in [9.17, 15) is 4.79 Å². The molecule has 1 aliphatic carbocycles. The van der Waals surface area contributed by atoms with Gasteiger partial charge in [-0.1, -0.05) is 35.2 Å². The van der Waals surface area contributed by atoms with Crippen molar-refractivity contribution in [2.75, 3.05) is 16.8 Å². The van der Waals surface area contributed by atoms with E-state index in [0.717, 1.165) is 24.6 Å². The van der Waals surface area contributed by atoms with Crippen molar-refractivity contribution in [2.45, 2.75) is 56.9 Å². The highest BCUT2D eigenvalue weighted by molar-refractivity contribution is 9.09. The Balaban J connectivity index is 1.81. The predicted octanol–water partition coefficient (Wildman–Crippen LogP) is 3.73. The van der Waals surface area contributed by atoms with Crippen LogP contribution in [0.2, 0.25) is 0 Å². The summed E-state index contributed by atoms with van der Waals surface area (Å²) < 4.78 is 0. The molecular weight excluding hydrogens is 310 g/mol. The van der Waals surface area contributed by atoms with Gasteiger partial charge in [-0.15, -0.1) is 0 Å². The lowest BCUT2D eigenvalue weighted by Crippen LogP contribution is -2.51. The average Bonchev–Trinajstić information content (AvgIpc) is 2.41. The maximum atomic E-state index is 12.2. The van der Waals surface area contributed by atoms with Gasteiger partial charge in [-0.05, 0) is 43.1 Å². The van der Waals surface area contributed by atoms with Crippen molar-refractivity contribution in [1.82, 2.24) is 5.32 Å². The molecule has 0 radical (unpaired) electrons. The number of alkyl halides is 1. The first-order valence-corrected chi connectivity index (χ1v) is 9.46. The van der Waals surface area contributed by atoms with Crippen LogP contribution in [0.4, 0.5) is 0 Å². The number of hydrogen-bond acceptors (Lipinski definition) is 2. The van der Waals surface area contributed by atoms with E-state index in [-0.39, 0.29) is 11.4 Å². The number of amides is 1. The van der Waals surface area contributed by atoms with Crippen LogP contribution in [-0.4, -0.2) is 28.3 Å². The molecule has 0 spiro atoms. The number of halogens is 1. The van der Waals surface area contributed by atoms with Gasteiger partial charge in [0.15, 0.2) is 0 Å². The molecule has 2 aliphatic rings. The summed E-state index contributed by atoms with van der Waals surface area (Å²) in [6.45, 7) is 0. The quantitative estimate of drug-likeness (QED) is 0.794. The Bertz CT molecular complexity index is 273. The second-order valence-electron chi connectivity index (χ2n) is 5.78. The SMILES string of the molecule is O=C(CC1CCSCC1)NC1(CBr)CCCCC1. The molecule has 0 unspecified atom stereocenters. The highest BCUT2D eigenvalue weighted by Gasteiger charge is 2.32. The third-order valence-electron chi connectivity index (χ3n) is 4.29. The maximum absolute atomic E-state index is 12.2. The van der Waals surface area contributed by atoms with Crippen LogP contribution in [0.3, 0.4) is 0 Å². The minimum atomic E-state index is 0.0543. The maximum Gasteiger partial charge on any atom is 0.220 e. The predicted molar refractivity (Wildman–Crippen MR) is 82.4 cm³/mol. The Morgan fingerprint density at radius 2 is 1.89 bits per heavy atom. The minimum Gasteiger partial charge on any atom is -0.350 e. The molecule has 18 heavy (non-hydrogen) atoms. The standard InChI is InChI=1S/C14H24BrNOS/c15-11-14(6-2-1-3-7-14)16-13(17)10-12-4-8-18-9-5-12/h12H,1-11H2,(H,16,17). The van der Waals surface area contributed by atoms with Crippen LogP contribution in [-0.2, 0) is 4.79 Å². The van der Waals surface area contributed by atoms with Crippen LogP contribution in [0.1, 0.15) is 51.4 Å². The smallest absolute Gasteiger partial charge is 0.220 e. The summed E-state index contributed by atoms with van der Waals surface area (Å²) in [6, 6.07) is 0. The Morgan fingerprint density at radius 1 is 1.22 bits per heavy atom. The van der Waals surface area contributed by atoms with E-state index in [2.05, 4.69) is 21.2 Å². The number of carbonyl (C=O) groups excluding carboxylic acids is 1. The first kappa shape index (κ1) is 14.7. The Labute approximate surface area is 123 Å². The molecule has 1 amide bonds. The largest absolute Gasteiger partial charge is 0.350 e. The zero-order valence-corrected chi connectivity index (χ0v) is 13.5. The third kappa shape index (κ3) is 4.16. The van der Waals surface area contributed by atoms with Crippen molar-refractivity contribution in [1.29, 1.82) is 0 Å². The normalized spacial score (nSPS) is 24.7. The van der Waals surface area contributed by atoms with E-state index >= 15 is 0 Å². The van der Waals surface area contributed by atoms with Crippen molar-refractivity contribution < 1.29 is 4.79 Å². The Morgan fingerprint density at radius 3 is 2.50 bits per heavy atom. The molecule has 0 aromatic carbocycles. The fraction of sp³-hybridized carbons (Fsp3) is 0.929. The molecule has 1 heterocycles. The van der Waals surface area contributed by atoms with Crippen LogP contribution >= 0.6 is 27.7 Å². The minimum absolute atomic E-state index is 0.0543. The van der Waals surface area contributed by atoms with Crippen LogP contribution in [0, 0.1) is 5.92 Å². The molecule has 0 aromatic rings. The van der Waals surface area contributed by atoms with Gasteiger partial charge in [0, 0.05) is 17.3 Å². The van der Waals surface area contributed by atoms with Gasteiger partial charge in [0.1, 0.15) is 0 Å². The number of nitrogens with one attached hydrogen (secondary N) is 1. The van der Waals surface area contributed by atoms with Crippen molar-refractivity contribution in [3.05, 3.63) is 0 Å². The molecule has 1 saturated heterocycles.